The highest BCUT2D eigenvalue weighted by Crippen LogP contribution is 2.64. The quantitative estimate of drug-likeness (QED) is 0.349. The van der Waals surface area contributed by atoms with E-state index in [0.29, 0.717) is 53.7 Å². The molecule has 0 amide bonds. The predicted octanol–water partition coefficient (Wildman–Crippen LogP) is 4.45. The molecule has 3 N–H and O–H groups in total. The molecule has 1 fully saturated rings. The van der Waals surface area contributed by atoms with Crippen LogP contribution >= 0.6 is 0 Å². The molecule has 2 aliphatic carbocycles. The van der Waals surface area contributed by atoms with Gasteiger partial charge in [0.1, 0.15) is 22.9 Å². The van der Waals surface area contributed by atoms with Crippen LogP contribution < -0.4 is 5.32 Å². The number of aromatic nitrogens is 6. The first-order chi connectivity index (χ1) is 17.5. The van der Waals surface area contributed by atoms with Gasteiger partial charge in [-0.25, -0.2) is 4.98 Å². The summed E-state index contributed by atoms with van der Waals surface area (Å²) in [6, 6.07) is 15.5. The molecule has 3 heterocycles. The predicted molar refractivity (Wildman–Crippen MR) is 131 cm³/mol. The topological polar surface area (TPSA) is 143 Å². The zero-order chi connectivity index (χ0) is 24.8. The second-order valence-electron chi connectivity index (χ2n) is 9.16. The van der Waals surface area contributed by atoms with E-state index in [4.69, 9.17) is 4.52 Å². The van der Waals surface area contributed by atoms with E-state index in [-0.39, 0.29) is 0 Å². The Balaban J connectivity index is 1.41. The van der Waals surface area contributed by atoms with E-state index in [1.54, 1.807) is 12.1 Å². The molecule has 10 heteroatoms. The van der Waals surface area contributed by atoms with Crippen molar-refractivity contribution in [3.8, 4) is 11.5 Å². The van der Waals surface area contributed by atoms with Crippen molar-refractivity contribution in [3.63, 3.8) is 0 Å². The number of nitrogens with zero attached hydrogens (tertiary/aromatic N) is 5. The zero-order valence-electron chi connectivity index (χ0n) is 19.5. The van der Waals surface area contributed by atoms with Crippen molar-refractivity contribution in [1.29, 1.82) is 0 Å². The number of benzene rings is 1. The lowest BCUT2D eigenvalue weighted by molar-refractivity contribution is -0.146. The summed E-state index contributed by atoms with van der Waals surface area (Å²) in [6.45, 7) is 1.82. The lowest BCUT2D eigenvalue weighted by atomic mass is 9.65. The third kappa shape index (κ3) is 3.41. The maximum Gasteiger partial charge on any atom is 0.311 e. The van der Waals surface area contributed by atoms with Crippen LogP contribution in [0.3, 0.4) is 0 Å². The molecule has 0 radical (unpaired) electrons. The van der Waals surface area contributed by atoms with Crippen LogP contribution in [0, 0.1) is 12.3 Å². The first-order valence-electron chi connectivity index (χ1n) is 11.7. The Morgan fingerprint density at radius 1 is 1.14 bits per heavy atom. The van der Waals surface area contributed by atoms with Gasteiger partial charge in [-0.15, -0.1) is 10.2 Å². The van der Waals surface area contributed by atoms with Crippen LogP contribution in [0.4, 0.5) is 11.5 Å². The number of hydrogen-bond acceptors (Lipinski definition) is 8. The average Bonchev–Trinajstić information content (AvgIpc) is 3.41. The summed E-state index contributed by atoms with van der Waals surface area (Å²) in [6.07, 6.45) is 7.68. The highest BCUT2D eigenvalue weighted by molar-refractivity contribution is 5.85. The Morgan fingerprint density at radius 3 is 2.64 bits per heavy atom. The van der Waals surface area contributed by atoms with E-state index < -0.39 is 16.8 Å². The fraction of sp³-hybridized carbons (Fsp3) is 0.231. The standard InChI is InChI=1S/C26H23N7O3/c1-16-21(28-20-9-5-8-19(27-20)23-29-32-33-30-23)22(36-31-16)25(26(14-15-26)24(34)35)12-10-18(11-13-25)17-6-3-2-4-7-17/h2-12H,13-15H2,1H3,(H,27,28)(H,34,35)(H,29,30,32,33). The number of carboxylic acids is 1. The van der Waals surface area contributed by atoms with Gasteiger partial charge in [-0.1, -0.05) is 59.8 Å². The Kier molecular flexibility index (Phi) is 5.03. The zero-order valence-corrected chi connectivity index (χ0v) is 19.5. The SMILES string of the molecule is Cc1noc(C2(C3(C(=O)O)CC3)C=CC(c3ccccc3)=CC2)c1Nc1cccc(-c2nn[nH]n2)n1. The largest absolute Gasteiger partial charge is 0.481 e. The van der Waals surface area contributed by atoms with Crippen molar-refractivity contribution in [2.24, 2.45) is 5.41 Å². The number of allylic oxidation sites excluding steroid dienone is 4. The van der Waals surface area contributed by atoms with Crippen molar-refractivity contribution in [2.45, 2.75) is 31.6 Å². The Labute approximate surface area is 206 Å². The third-order valence-electron chi connectivity index (χ3n) is 7.16. The van der Waals surface area contributed by atoms with Crippen LogP contribution in [0.5, 0.6) is 0 Å². The molecule has 180 valence electrons. The number of nitrogens with one attached hydrogen (secondary N) is 2. The summed E-state index contributed by atoms with van der Waals surface area (Å²) in [5.74, 6) is 0.557. The van der Waals surface area contributed by atoms with E-state index in [2.05, 4.69) is 42.2 Å². The maximum atomic E-state index is 12.6. The summed E-state index contributed by atoms with van der Waals surface area (Å²) in [4.78, 5) is 17.2. The molecule has 1 saturated carbocycles. The lowest BCUT2D eigenvalue weighted by Crippen LogP contribution is -2.41. The highest BCUT2D eigenvalue weighted by Gasteiger charge is 2.66. The van der Waals surface area contributed by atoms with Crippen molar-refractivity contribution in [2.75, 3.05) is 5.32 Å². The van der Waals surface area contributed by atoms with E-state index in [1.165, 1.54) is 0 Å². The number of aryl methyl sites for hydroxylation is 1. The average molecular weight is 482 g/mol. The summed E-state index contributed by atoms with van der Waals surface area (Å²) >= 11 is 0. The summed E-state index contributed by atoms with van der Waals surface area (Å²) < 4.78 is 5.91. The van der Waals surface area contributed by atoms with Gasteiger partial charge in [0, 0.05) is 0 Å². The molecule has 10 nitrogen and oxygen atoms in total. The number of tetrazole rings is 1. The van der Waals surface area contributed by atoms with Gasteiger partial charge in [0.25, 0.3) is 0 Å². The number of aromatic amines is 1. The minimum absolute atomic E-state index is 0.369. The van der Waals surface area contributed by atoms with Crippen molar-refractivity contribution in [1.82, 2.24) is 30.8 Å². The van der Waals surface area contributed by atoms with Crippen LogP contribution in [-0.2, 0) is 10.2 Å². The number of pyridine rings is 1. The molecule has 1 aromatic carbocycles. The van der Waals surface area contributed by atoms with Crippen LogP contribution in [-0.4, -0.2) is 41.8 Å². The second kappa shape index (κ2) is 8.26. The molecule has 0 bridgehead atoms. The van der Waals surface area contributed by atoms with E-state index >= 15 is 0 Å². The first-order valence-corrected chi connectivity index (χ1v) is 11.7. The summed E-state index contributed by atoms with van der Waals surface area (Å²) in [5, 5.41) is 31.9. The Bertz CT molecular complexity index is 1490. The molecule has 0 saturated heterocycles. The number of carboxylic acid groups (broad SMARTS) is 1. The molecule has 0 spiro atoms. The molecule has 1 atom stereocenters. The molecular formula is C26H23N7O3. The Hall–Kier alpha value is -4.60. The molecule has 4 aromatic rings. The molecule has 2 aliphatic rings. The first kappa shape index (κ1) is 21.9. The molecule has 3 aromatic heterocycles. The molecule has 0 aliphatic heterocycles. The van der Waals surface area contributed by atoms with E-state index in [1.807, 2.05) is 55.5 Å². The summed E-state index contributed by atoms with van der Waals surface area (Å²) in [5.41, 5.74) is 2.03. The second-order valence-corrected chi connectivity index (χ2v) is 9.16. The maximum absolute atomic E-state index is 12.6. The van der Waals surface area contributed by atoms with Gasteiger partial charge >= 0.3 is 5.97 Å². The van der Waals surface area contributed by atoms with Gasteiger partial charge in [-0.2, -0.15) is 5.21 Å². The number of carbonyl (C=O) groups is 1. The number of hydrogen-bond donors (Lipinski definition) is 3. The number of anilines is 2. The number of aliphatic carboxylic acids is 1. The Morgan fingerprint density at radius 2 is 1.97 bits per heavy atom. The van der Waals surface area contributed by atoms with Crippen molar-refractivity contribution < 1.29 is 14.4 Å². The molecule has 6 rings (SSSR count). The van der Waals surface area contributed by atoms with Crippen LogP contribution in [0.25, 0.3) is 17.1 Å². The number of H-pyrrole nitrogens is 1. The molecule has 36 heavy (non-hydrogen) atoms. The number of rotatable bonds is 7. The van der Waals surface area contributed by atoms with E-state index in [0.717, 1.165) is 11.1 Å². The minimum Gasteiger partial charge on any atom is -0.481 e. The molecular weight excluding hydrogens is 458 g/mol. The van der Waals surface area contributed by atoms with Crippen LogP contribution in [0.1, 0.15) is 36.3 Å². The lowest BCUT2D eigenvalue weighted by Gasteiger charge is -2.36. The van der Waals surface area contributed by atoms with E-state index in [9.17, 15) is 9.90 Å². The fourth-order valence-corrected chi connectivity index (χ4v) is 5.05. The summed E-state index contributed by atoms with van der Waals surface area (Å²) in [7, 11) is 0. The van der Waals surface area contributed by atoms with Gasteiger partial charge in [0.2, 0.25) is 5.82 Å². The normalized spacial score (nSPS) is 20.1. The van der Waals surface area contributed by atoms with Crippen molar-refractivity contribution >= 4 is 23.0 Å². The fourth-order valence-electron chi connectivity index (χ4n) is 5.05. The van der Waals surface area contributed by atoms with Gasteiger partial charge < -0.3 is 14.9 Å². The smallest absolute Gasteiger partial charge is 0.311 e. The van der Waals surface area contributed by atoms with Gasteiger partial charge in [0.15, 0.2) is 5.76 Å². The minimum atomic E-state index is -0.968. The van der Waals surface area contributed by atoms with Crippen LogP contribution in [0.15, 0.2) is 71.3 Å². The van der Waals surface area contributed by atoms with Gasteiger partial charge in [0.05, 0.1) is 10.8 Å². The highest BCUT2D eigenvalue weighted by atomic mass is 16.5. The van der Waals surface area contributed by atoms with Crippen LogP contribution in [0.2, 0.25) is 0 Å². The van der Waals surface area contributed by atoms with Crippen molar-refractivity contribution in [3.05, 3.63) is 83.8 Å². The third-order valence-corrected chi connectivity index (χ3v) is 7.16. The monoisotopic (exact) mass is 481 g/mol. The molecule has 1 unspecified atom stereocenters. The van der Waals surface area contributed by atoms with Gasteiger partial charge in [-0.3, -0.25) is 4.79 Å². The van der Waals surface area contributed by atoms with Gasteiger partial charge in [-0.05, 0) is 54.7 Å².